The average molecular weight is 437 g/mol. The number of nitrogens with one attached hydrogen (secondary N) is 1. The van der Waals surface area contributed by atoms with Crippen LogP contribution in [0.5, 0.6) is 5.75 Å². The molecule has 0 atom stereocenters. The second-order valence-electron chi connectivity index (χ2n) is 7.18. The lowest BCUT2D eigenvalue weighted by Crippen LogP contribution is -2.41. The fraction of sp³-hybridized carbons (Fsp3) is 0.250. The summed E-state index contributed by atoms with van der Waals surface area (Å²) in [6, 6.07) is 19.1. The number of thiophene rings is 1. The molecule has 2 amide bonds. The number of para-hydroxylation sites is 1. The number of morpholine rings is 1. The summed E-state index contributed by atoms with van der Waals surface area (Å²) in [7, 11) is 0. The first kappa shape index (κ1) is 21.1. The maximum Gasteiger partial charge on any atom is 0.262 e. The molecular formula is C24H24N2O4S. The molecule has 1 aromatic heterocycles. The van der Waals surface area contributed by atoms with Crippen molar-refractivity contribution in [1.29, 1.82) is 0 Å². The molecule has 1 fully saturated rings. The molecule has 1 N–H and O–H groups in total. The zero-order valence-electron chi connectivity index (χ0n) is 17.3. The Kier molecular flexibility index (Phi) is 6.64. The standard InChI is InChI=1S/C24H24N2O4S/c1-17-21(24(28)26-12-14-29-15-13-26)23(31-22(17)18-8-4-2-5-9-18)25-20(27)16-30-19-10-6-3-7-11-19/h2-11H,12-16H2,1H3,(H,25,27). The average Bonchev–Trinajstić information content (AvgIpc) is 3.14. The summed E-state index contributed by atoms with van der Waals surface area (Å²) in [5.74, 6) is 0.230. The zero-order valence-corrected chi connectivity index (χ0v) is 18.1. The molecule has 3 aromatic rings. The van der Waals surface area contributed by atoms with Gasteiger partial charge in [0, 0.05) is 18.0 Å². The van der Waals surface area contributed by atoms with Crippen LogP contribution < -0.4 is 10.1 Å². The monoisotopic (exact) mass is 436 g/mol. The maximum atomic E-state index is 13.3. The van der Waals surface area contributed by atoms with Crippen LogP contribution in [0.3, 0.4) is 0 Å². The number of hydrogen-bond acceptors (Lipinski definition) is 5. The number of rotatable bonds is 6. The van der Waals surface area contributed by atoms with E-state index in [0.717, 1.165) is 16.0 Å². The van der Waals surface area contributed by atoms with Gasteiger partial charge in [0.15, 0.2) is 6.61 Å². The number of anilines is 1. The van der Waals surface area contributed by atoms with Gasteiger partial charge in [-0.1, -0.05) is 48.5 Å². The molecule has 160 valence electrons. The summed E-state index contributed by atoms with van der Waals surface area (Å²) in [4.78, 5) is 28.7. The second-order valence-corrected chi connectivity index (χ2v) is 8.20. The smallest absolute Gasteiger partial charge is 0.262 e. The van der Waals surface area contributed by atoms with Gasteiger partial charge in [-0.15, -0.1) is 11.3 Å². The third kappa shape index (κ3) is 4.95. The van der Waals surface area contributed by atoms with E-state index >= 15 is 0 Å². The van der Waals surface area contributed by atoms with Crippen molar-refractivity contribution in [2.45, 2.75) is 6.92 Å². The topological polar surface area (TPSA) is 67.9 Å². The first-order valence-corrected chi connectivity index (χ1v) is 11.0. The molecule has 0 unspecified atom stereocenters. The molecule has 31 heavy (non-hydrogen) atoms. The molecular weight excluding hydrogens is 412 g/mol. The minimum absolute atomic E-state index is 0.0847. The van der Waals surface area contributed by atoms with Gasteiger partial charge in [0.25, 0.3) is 11.8 Å². The van der Waals surface area contributed by atoms with Gasteiger partial charge in [0.05, 0.1) is 18.8 Å². The van der Waals surface area contributed by atoms with E-state index in [2.05, 4.69) is 5.32 Å². The molecule has 0 radical (unpaired) electrons. The Morgan fingerprint density at radius 2 is 1.68 bits per heavy atom. The maximum absolute atomic E-state index is 13.3. The van der Waals surface area contributed by atoms with Crippen molar-refractivity contribution in [3.8, 4) is 16.2 Å². The van der Waals surface area contributed by atoms with Crippen molar-refractivity contribution < 1.29 is 19.1 Å². The van der Waals surface area contributed by atoms with Crippen LogP contribution in [0.15, 0.2) is 60.7 Å². The molecule has 2 heterocycles. The molecule has 6 nitrogen and oxygen atoms in total. The third-order valence-electron chi connectivity index (χ3n) is 5.06. The van der Waals surface area contributed by atoms with Crippen LogP contribution in [0.4, 0.5) is 5.00 Å². The van der Waals surface area contributed by atoms with E-state index < -0.39 is 0 Å². The molecule has 1 aliphatic heterocycles. The van der Waals surface area contributed by atoms with Crippen LogP contribution in [0.2, 0.25) is 0 Å². The fourth-order valence-corrected chi connectivity index (χ4v) is 4.70. The third-order valence-corrected chi connectivity index (χ3v) is 6.32. The van der Waals surface area contributed by atoms with E-state index in [1.807, 2.05) is 55.5 Å². The Bertz CT molecular complexity index is 1040. The summed E-state index contributed by atoms with van der Waals surface area (Å²) in [6.45, 7) is 3.92. The summed E-state index contributed by atoms with van der Waals surface area (Å²) >= 11 is 1.42. The quantitative estimate of drug-likeness (QED) is 0.629. The van der Waals surface area contributed by atoms with Gasteiger partial charge in [-0.05, 0) is 30.2 Å². The van der Waals surface area contributed by atoms with Gasteiger partial charge < -0.3 is 19.7 Å². The Morgan fingerprint density at radius 1 is 1.03 bits per heavy atom. The number of nitrogens with zero attached hydrogens (tertiary/aromatic N) is 1. The minimum atomic E-state index is -0.305. The van der Waals surface area contributed by atoms with Gasteiger partial charge in [-0.3, -0.25) is 9.59 Å². The van der Waals surface area contributed by atoms with Gasteiger partial charge in [-0.25, -0.2) is 0 Å². The molecule has 0 saturated carbocycles. The minimum Gasteiger partial charge on any atom is -0.484 e. The van der Waals surface area contributed by atoms with Crippen molar-refractivity contribution in [1.82, 2.24) is 4.90 Å². The van der Waals surface area contributed by atoms with E-state index in [1.54, 1.807) is 17.0 Å². The van der Waals surface area contributed by atoms with Crippen molar-refractivity contribution in [2.24, 2.45) is 0 Å². The zero-order chi connectivity index (χ0) is 21.6. The molecule has 2 aromatic carbocycles. The Labute approximate surface area is 185 Å². The lowest BCUT2D eigenvalue weighted by Gasteiger charge is -2.27. The van der Waals surface area contributed by atoms with Gasteiger partial charge in [0.1, 0.15) is 10.8 Å². The highest BCUT2D eigenvalue weighted by Gasteiger charge is 2.28. The highest BCUT2D eigenvalue weighted by molar-refractivity contribution is 7.20. The lowest BCUT2D eigenvalue weighted by molar-refractivity contribution is -0.118. The predicted molar refractivity (Wildman–Crippen MR) is 122 cm³/mol. The van der Waals surface area contributed by atoms with Crippen LogP contribution in [-0.4, -0.2) is 49.6 Å². The van der Waals surface area contributed by atoms with Gasteiger partial charge in [0.2, 0.25) is 0 Å². The van der Waals surface area contributed by atoms with Gasteiger partial charge in [-0.2, -0.15) is 0 Å². The van der Waals surface area contributed by atoms with Crippen molar-refractivity contribution in [3.05, 3.63) is 71.8 Å². The molecule has 1 aliphatic rings. The van der Waals surface area contributed by atoms with E-state index in [-0.39, 0.29) is 18.4 Å². The van der Waals surface area contributed by atoms with E-state index in [9.17, 15) is 9.59 Å². The summed E-state index contributed by atoms with van der Waals surface area (Å²) in [6.07, 6.45) is 0. The lowest BCUT2D eigenvalue weighted by atomic mass is 10.1. The fourth-order valence-electron chi connectivity index (χ4n) is 3.48. The summed E-state index contributed by atoms with van der Waals surface area (Å²) in [5.41, 5.74) is 2.42. The largest absolute Gasteiger partial charge is 0.484 e. The Hall–Kier alpha value is -3.16. The first-order chi connectivity index (χ1) is 15.1. The Balaban J connectivity index is 1.60. The number of benzene rings is 2. The van der Waals surface area contributed by atoms with E-state index in [1.165, 1.54) is 11.3 Å². The number of hydrogen-bond donors (Lipinski definition) is 1. The van der Waals surface area contributed by atoms with Crippen LogP contribution in [0, 0.1) is 6.92 Å². The highest BCUT2D eigenvalue weighted by atomic mass is 32.1. The molecule has 7 heteroatoms. The van der Waals surface area contributed by atoms with Gasteiger partial charge >= 0.3 is 0 Å². The highest BCUT2D eigenvalue weighted by Crippen LogP contribution is 2.40. The van der Waals surface area contributed by atoms with Crippen LogP contribution in [0.25, 0.3) is 10.4 Å². The van der Waals surface area contributed by atoms with Crippen molar-refractivity contribution in [2.75, 3.05) is 38.2 Å². The molecule has 1 saturated heterocycles. The number of carbonyl (C=O) groups excluding carboxylic acids is 2. The molecule has 0 spiro atoms. The Morgan fingerprint density at radius 3 is 2.35 bits per heavy atom. The van der Waals surface area contributed by atoms with Crippen LogP contribution in [0.1, 0.15) is 15.9 Å². The van der Waals surface area contributed by atoms with Crippen LogP contribution >= 0.6 is 11.3 Å². The number of amides is 2. The van der Waals surface area contributed by atoms with E-state index in [4.69, 9.17) is 9.47 Å². The first-order valence-electron chi connectivity index (χ1n) is 10.2. The molecule has 0 aliphatic carbocycles. The summed E-state index contributed by atoms with van der Waals surface area (Å²) < 4.78 is 10.9. The molecule has 4 rings (SSSR count). The van der Waals surface area contributed by atoms with E-state index in [0.29, 0.717) is 42.6 Å². The number of ether oxygens (including phenoxy) is 2. The molecule has 0 bridgehead atoms. The number of carbonyl (C=O) groups is 2. The van der Waals surface area contributed by atoms with Crippen LogP contribution in [-0.2, 0) is 9.53 Å². The SMILES string of the molecule is Cc1c(-c2ccccc2)sc(NC(=O)COc2ccccc2)c1C(=O)N1CCOCC1. The van der Waals surface area contributed by atoms with Crippen molar-refractivity contribution in [3.63, 3.8) is 0 Å². The predicted octanol–water partition coefficient (Wildman–Crippen LogP) is 4.21. The van der Waals surface area contributed by atoms with Crippen molar-refractivity contribution >= 4 is 28.2 Å². The normalized spacial score (nSPS) is 13.6. The summed E-state index contributed by atoms with van der Waals surface area (Å²) in [5, 5.41) is 3.46. The second kappa shape index (κ2) is 9.76.